The average Bonchev–Trinajstić information content (AvgIpc) is 1.72. The second-order valence-electron chi connectivity index (χ2n) is 0.792. The molecule has 6 heavy (non-hydrogen) atoms. The van der Waals surface area contributed by atoms with Gasteiger partial charge < -0.3 is 5.32 Å². The van der Waals surface area contributed by atoms with Crippen molar-refractivity contribution >= 4 is 11.8 Å². The predicted octanol–water partition coefficient (Wildman–Crippen LogP) is 0.712. The Kier molecular flexibility index (Phi) is 1.08. The first-order valence-electron chi connectivity index (χ1n) is 1.56. The van der Waals surface area contributed by atoms with Gasteiger partial charge in [0, 0.05) is 17.7 Å². The minimum Gasteiger partial charge on any atom is -0.321 e. The second kappa shape index (κ2) is 1.78. The number of hydrogen-bond donors (Lipinski definition) is 1. The molecule has 1 N–H and O–H groups in total. The fourth-order valence-electron chi connectivity index (χ4n) is 0.203. The highest BCUT2D eigenvalue weighted by Gasteiger charge is 1.72. The van der Waals surface area contributed by atoms with Crippen LogP contribution in [0.25, 0.3) is 0 Å². The van der Waals surface area contributed by atoms with Gasteiger partial charge >= 0.3 is 0 Å². The quantitative estimate of drug-likeness (QED) is 0.447. The standard InChI is InChI=1S/C4H3NS/c1-3-6-4-2-5-1/h1,3,5H. The van der Waals surface area contributed by atoms with E-state index in [1.165, 1.54) is 11.8 Å². The Hall–Kier alpha value is -0.550. The van der Waals surface area contributed by atoms with Crippen LogP contribution in [0.15, 0.2) is 11.6 Å². The van der Waals surface area contributed by atoms with E-state index in [9.17, 15) is 0 Å². The summed E-state index contributed by atoms with van der Waals surface area (Å²) in [5.74, 6) is 0. The lowest BCUT2D eigenvalue weighted by Gasteiger charge is -1.85. The molecule has 0 aliphatic carbocycles. The number of thioether (sulfide) groups is 1. The topological polar surface area (TPSA) is 12.0 Å². The molecule has 1 nitrogen and oxygen atoms in total. The zero-order valence-corrected chi connectivity index (χ0v) is 3.88. The second-order valence-corrected chi connectivity index (χ2v) is 1.50. The Labute approximate surface area is 40.8 Å². The molecule has 2 heteroatoms. The molecule has 0 radical (unpaired) electrons. The van der Waals surface area contributed by atoms with Crippen LogP contribution in [-0.2, 0) is 0 Å². The van der Waals surface area contributed by atoms with E-state index in [1.807, 2.05) is 5.41 Å². The molecule has 0 saturated carbocycles. The van der Waals surface area contributed by atoms with Gasteiger partial charge in [-0.15, -0.1) is 0 Å². The normalized spacial score (nSPS) is 14.7. The van der Waals surface area contributed by atoms with E-state index in [1.54, 1.807) is 6.20 Å². The van der Waals surface area contributed by atoms with E-state index in [-0.39, 0.29) is 0 Å². The van der Waals surface area contributed by atoms with Crippen LogP contribution in [0.5, 0.6) is 0 Å². The van der Waals surface area contributed by atoms with Crippen molar-refractivity contribution < 1.29 is 0 Å². The van der Waals surface area contributed by atoms with Gasteiger partial charge in [-0.1, -0.05) is 0 Å². The first-order valence-corrected chi connectivity index (χ1v) is 2.44. The van der Waals surface area contributed by atoms with Gasteiger partial charge in [0.2, 0.25) is 0 Å². The summed E-state index contributed by atoms with van der Waals surface area (Å²) in [6, 6.07) is 2.66. The summed E-state index contributed by atoms with van der Waals surface area (Å²) in [5.41, 5.74) is 0. The van der Waals surface area contributed by atoms with Gasteiger partial charge in [0.15, 0.2) is 0 Å². The van der Waals surface area contributed by atoms with Crippen LogP contribution in [-0.4, -0.2) is 0 Å². The van der Waals surface area contributed by atoms with E-state index in [4.69, 9.17) is 0 Å². The fraction of sp³-hybridized carbons (Fsp3) is 0. The maximum atomic E-state index is 2.75. The maximum absolute atomic E-state index is 2.75. The molecule has 0 bridgehead atoms. The van der Waals surface area contributed by atoms with Crippen LogP contribution < -0.4 is 5.32 Å². The Morgan fingerprint density at radius 3 is 2.83 bits per heavy atom. The zero-order chi connectivity index (χ0) is 4.24. The van der Waals surface area contributed by atoms with Crippen LogP contribution in [0.4, 0.5) is 0 Å². The van der Waals surface area contributed by atoms with E-state index in [2.05, 4.69) is 16.6 Å². The molecule has 1 aliphatic rings. The minimum absolute atomic E-state index is 1.49. The summed E-state index contributed by atoms with van der Waals surface area (Å²) < 4.78 is 0. The summed E-state index contributed by atoms with van der Waals surface area (Å²) in [7, 11) is 0. The van der Waals surface area contributed by atoms with E-state index < -0.39 is 0 Å². The summed E-state index contributed by atoms with van der Waals surface area (Å²) in [6.07, 6.45) is 1.81. The predicted molar refractivity (Wildman–Crippen MR) is 27.6 cm³/mol. The van der Waals surface area contributed by atoms with Crippen molar-refractivity contribution in [3.63, 3.8) is 0 Å². The van der Waals surface area contributed by atoms with Crippen LogP contribution in [0.3, 0.4) is 0 Å². The monoisotopic (exact) mass is 97.0 g/mol. The van der Waals surface area contributed by atoms with Crippen molar-refractivity contribution in [2.75, 3.05) is 0 Å². The molecule has 1 rings (SSSR count). The van der Waals surface area contributed by atoms with Gasteiger partial charge in [0.1, 0.15) is 0 Å². The highest BCUT2D eigenvalue weighted by molar-refractivity contribution is 8.06. The molecule has 0 aromatic carbocycles. The van der Waals surface area contributed by atoms with Gasteiger partial charge in [-0.05, 0) is 17.0 Å². The van der Waals surface area contributed by atoms with Gasteiger partial charge in [-0.3, -0.25) is 0 Å². The van der Waals surface area contributed by atoms with Crippen molar-refractivity contribution in [1.82, 2.24) is 5.32 Å². The summed E-state index contributed by atoms with van der Waals surface area (Å²) in [5, 5.41) is 7.38. The van der Waals surface area contributed by atoms with Gasteiger partial charge in [-0.25, -0.2) is 0 Å². The first-order chi connectivity index (χ1) is 3.00. The highest BCUT2D eigenvalue weighted by atomic mass is 32.2. The average molecular weight is 97.1 g/mol. The SMILES string of the molecule is C1#CSC=CN1. The van der Waals surface area contributed by atoms with Gasteiger partial charge in [0.25, 0.3) is 0 Å². The van der Waals surface area contributed by atoms with E-state index in [0.717, 1.165) is 0 Å². The molecular weight excluding hydrogens is 94.1 g/mol. The molecule has 0 aromatic heterocycles. The molecule has 0 amide bonds. The number of hydrogen-bond acceptors (Lipinski definition) is 2. The molecule has 0 fully saturated rings. The summed E-state index contributed by atoms with van der Waals surface area (Å²) in [6.45, 7) is 0. The lowest BCUT2D eigenvalue weighted by Crippen LogP contribution is -1.92. The Morgan fingerprint density at radius 2 is 2.67 bits per heavy atom. The van der Waals surface area contributed by atoms with Crippen molar-refractivity contribution in [3.8, 4) is 11.3 Å². The number of rotatable bonds is 0. The van der Waals surface area contributed by atoms with Gasteiger partial charge in [-0.2, -0.15) is 0 Å². The molecule has 1 heterocycles. The molecule has 0 atom stereocenters. The molecule has 0 spiro atoms. The van der Waals surface area contributed by atoms with Crippen molar-refractivity contribution in [2.45, 2.75) is 0 Å². The number of nitrogens with one attached hydrogen (secondary N) is 1. The van der Waals surface area contributed by atoms with E-state index in [0.29, 0.717) is 0 Å². The van der Waals surface area contributed by atoms with Gasteiger partial charge in [0.05, 0.1) is 0 Å². The Bertz CT molecular complexity index is 105. The molecule has 1 aliphatic heterocycles. The fourth-order valence-corrected chi connectivity index (χ4v) is 0.525. The first kappa shape index (κ1) is 3.63. The third kappa shape index (κ3) is 0.697. The largest absolute Gasteiger partial charge is 0.321 e. The van der Waals surface area contributed by atoms with E-state index >= 15 is 0 Å². The van der Waals surface area contributed by atoms with Crippen LogP contribution >= 0.6 is 11.8 Å². The molecule has 30 valence electrons. The third-order valence-electron chi connectivity index (χ3n) is 0.402. The lowest BCUT2D eigenvalue weighted by molar-refractivity contribution is 1.27. The van der Waals surface area contributed by atoms with Crippen LogP contribution in [0, 0.1) is 11.3 Å². The molecule has 0 saturated heterocycles. The van der Waals surface area contributed by atoms with Crippen molar-refractivity contribution in [3.05, 3.63) is 11.6 Å². The summed E-state index contributed by atoms with van der Waals surface area (Å²) >= 11 is 1.49. The molecular formula is C4H3NS. The molecule has 0 unspecified atom stereocenters. The smallest absolute Gasteiger partial charge is 0.0213 e. The highest BCUT2D eigenvalue weighted by Crippen LogP contribution is 1.97. The van der Waals surface area contributed by atoms with Crippen molar-refractivity contribution in [1.29, 1.82) is 0 Å². The maximum Gasteiger partial charge on any atom is 0.0213 e. The Balaban J connectivity index is 2.51. The third-order valence-corrected chi connectivity index (χ3v) is 0.894. The Morgan fingerprint density at radius 1 is 1.67 bits per heavy atom. The minimum atomic E-state index is 1.49. The van der Waals surface area contributed by atoms with Crippen LogP contribution in [0.2, 0.25) is 0 Å². The zero-order valence-electron chi connectivity index (χ0n) is 3.06. The molecule has 0 aromatic rings. The summed E-state index contributed by atoms with van der Waals surface area (Å²) in [4.78, 5) is 0. The lowest BCUT2D eigenvalue weighted by atomic mass is 10.9. The van der Waals surface area contributed by atoms with Crippen molar-refractivity contribution in [2.24, 2.45) is 0 Å². The van der Waals surface area contributed by atoms with Crippen LogP contribution in [0.1, 0.15) is 0 Å².